The molecule has 0 amide bonds. The topological polar surface area (TPSA) is 74.3 Å². The van der Waals surface area contributed by atoms with Gasteiger partial charge < -0.3 is 10.2 Å². The minimum Gasteiger partial charge on any atom is -0.373 e. The van der Waals surface area contributed by atoms with E-state index in [1.54, 1.807) is 13.1 Å². The second-order valence-corrected chi connectivity index (χ2v) is 7.10. The molecule has 0 aromatic carbocycles. The van der Waals surface area contributed by atoms with Crippen molar-refractivity contribution in [3.63, 3.8) is 0 Å². The van der Waals surface area contributed by atoms with Crippen molar-refractivity contribution in [1.29, 1.82) is 0 Å². The molecule has 1 aromatic rings. The Morgan fingerprint density at radius 3 is 2.85 bits per heavy atom. The van der Waals surface area contributed by atoms with E-state index in [2.05, 4.69) is 33.9 Å². The number of sulfonamides is 1. The van der Waals surface area contributed by atoms with Crippen LogP contribution in [0, 0.1) is 5.92 Å². The fraction of sp³-hybridized carbons (Fsp3) is 0.615. The van der Waals surface area contributed by atoms with Crippen LogP contribution in [0.5, 0.6) is 0 Å². The number of hydrogen-bond acceptors (Lipinski definition) is 5. The molecule has 2 heterocycles. The molecular formula is C13H22N4O2S. The average molecular weight is 298 g/mol. The summed E-state index contributed by atoms with van der Waals surface area (Å²) in [6.07, 6.45) is 2.33. The Bertz CT molecular complexity index is 561. The molecule has 0 spiro atoms. The summed E-state index contributed by atoms with van der Waals surface area (Å²) in [5, 5.41) is 2.85. The maximum Gasteiger partial charge on any atom is 0.241 e. The van der Waals surface area contributed by atoms with Gasteiger partial charge in [0.05, 0.1) is 4.90 Å². The third-order valence-corrected chi connectivity index (χ3v) is 5.20. The largest absolute Gasteiger partial charge is 0.373 e. The maximum absolute atomic E-state index is 12.4. The second kappa shape index (κ2) is 6.07. The lowest BCUT2D eigenvalue weighted by molar-refractivity contribution is 0.188. The zero-order valence-electron chi connectivity index (χ0n) is 12.1. The molecule has 2 unspecified atom stereocenters. The number of nitrogens with one attached hydrogen (secondary N) is 2. The van der Waals surface area contributed by atoms with Crippen LogP contribution in [-0.4, -0.2) is 51.5 Å². The van der Waals surface area contributed by atoms with Crippen molar-refractivity contribution in [3.8, 4) is 0 Å². The molecule has 1 saturated heterocycles. The number of piperidine rings is 1. The Morgan fingerprint density at radius 1 is 1.45 bits per heavy atom. The van der Waals surface area contributed by atoms with Gasteiger partial charge in [0.25, 0.3) is 0 Å². The number of aromatic nitrogens is 1. The predicted octanol–water partition coefficient (Wildman–Crippen LogP) is 0.742. The molecule has 6 nitrogen and oxygen atoms in total. The van der Waals surface area contributed by atoms with Crippen molar-refractivity contribution in [2.24, 2.45) is 5.92 Å². The zero-order chi connectivity index (χ0) is 14.8. The molecule has 20 heavy (non-hydrogen) atoms. The smallest absolute Gasteiger partial charge is 0.241 e. The van der Waals surface area contributed by atoms with E-state index < -0.39 is 10.0 Å². The average Bonchev–Trinajstić information content (AvgIpc) is 2.42. The van der Waals surface area contributed by atoms with Gasteiger partial charge in [-0.05, 0) is 32.0 Å². The van der Waals surface area contributed by atoms with Crippen molar-refractivity contribution >= 4 is 15.8 Å². The molecule has 1 aromatic heterocycles. The summed E-state index contributed by atoms with van der Waals surface area (Å²) in [4.78, 5) is 6.51. The first-order valence-electron chi connectivity index (χ1n) is 6.77. The van der Waals surface area contributed by atoms with E-state index in [0.717, 1.165) is 19.5 Å². The summed E-state index contributed by atoms with van der Waals surface area (Å²) in [5.74, 6) is 0.846. The summed E-state index contributed by atoms with van der Waals surface area (Å²) in [7, 11) is 0.281. The molecule has 1 aliphatic rings. The van der Waals surface area contributed by atoms with Crippen LogP contribution in [0.4, 0.5) is 5.82 Å². The van der Waals surface area contributed by atoms with Crippen molar-refractivity contribution in [2.45, 2.75) is 24.3 Å². The van der Waals surface area contributed by atoms with Crippen LogP contribution in [-0.2, 0) is 10.0 Å². The highest BCUT2D eigenvalue weighted by atomic mass is 32.2. The first-order chi connectivity index (χ1) is 9.42. The van der Waals surface area contributed by atoms with Gasteiger partial charge in [0.15, 0.2) is 0 Å². The minimum absolute atomic E-state index is 0.0117. The van der Waals surface area contributed by atoms with Gasteiger partial charge in [0.1, 0.15) is 5.82 Å². The van der Waals surface area contributed by atoms with E-state index in [9.17, 15) is 8.42 Å². The van der Waals surface area contributed by atoms with Crippen LogP contribution in [0.25, 0.3) is 0 Å². The first-order valence-corrected chi connectivity index (χ1v) is 8.25. The van der Waals surface area contributed by atoms with Gasteiger partial charge in [0.2, 0.25) is 10.0 Å². The number of hydrogen-bond donors (Lipinski definition) is 2. The molecule has 0 saturated carbocycles. The molecule has 7 heteroatoms. The lowest BCUT2D eigenvalue weighted by Gasteiger charge is -2.34. The van der Waals surface area contributed by atoms with Crippen molar-refractivity contribution < 1.29 is 8.42 Å². The molecule has 2 atom stereocenters. The van der Waals surface area contributed by atoms with Crippen LogP contribution in [0.1, 0.15) is 13.3 Å². The number of pyridine rings is 1. The van der Waals surface area contributed by atoms with Gasteiger partial charge in [0, 0.05) is 31.9 Å². The molecule has 1 aliphatic heterocycles. The SMILES string of the molecule is CNc1cc(S(=O)(=O)NC2CCN(C)CC2C)ccn1. The van der Waals surface area contributed by atoms with Crippen molar-refractivity contribution in [3.05, 3.63) is 18.3 Å². The zero-order valence-corrected chi connectivity index (χ0v) is 12.9. The van der Waals surface area contributed by atoms with E-state index in [4.69, 9.17) is 0 Å². The number of anilines is 1. The minimum atomic E-state index is -3.49. The second-order valence-electron chi connectivity index (χ2n) is 5.38. The van der Waals surface area contributed by atoms with Crippen LogP contribution in [0.3, 0.4) is 0 Å². The van der Waals surface area contributed by atoms with Crippen molar-refractivity contribution in [1.82, 2.24) is 14.6 Å². The monoisotopic (exact) mass is 298 g/mol. The van der Waals surface area contributed by atoms with Crippen LogP contribution < -0.4 is 10.0 Å². The Balaban J connectivity index is 2.14. The van der Waals surface area contributed by atoms with Gasteiger partial charge >= 0.3 is 0 Å². The molecule has 112 valence electrons. The van der Waals surface area contributed by atoms with Gasteiger partial charge in [-0.1, -0.05) is 6.92 Å². The van der Waals surface area contributed by atoms with E-state index in [1.807, 2.05) is 0 Å². The Hall–Kier alpha value is -1.18. The Morgan fingerprint density at radius 2 is 2.20 bits per heavy atom. The van der Waals surface area contributed by atoms with Crippen LogP contribution in [0.15, 0.2) is 23.2 Å². The molecule has 2 N–H and O–H groups in total. The normalized spacial score (nSPS) is 24.6. The van der Waals surface area contributed by atoms with Gasteiger partial charge in [-0.2, -0.15) is 0 Å². The molecule has 2 rings (SSSR count). The first kappa shape index (κ1) is 15.2. The quantitative estimate of drug-likeness (QED) is 0.858. The highest BCUT2D eigenvalue weighted by molar-refractivity contribution is 7.89. The molecule has 1 fully saturated rings. The molecule has 0 aliphatic carbocycles. The standard InChI is InChI=1S/C13H22N4O2S/c1-10-9-17(3)7-5-12(10)16-20(18,19)11-4-6-15-13(8-11)14-2/h4,6,8,10,12,16H,5,7,9H2,1-3H3,(H,14,15). The van der Waals surface area contributed by atoms with Crippen LogP contribution >= 0.6 is 0 Å². The fourth-order valence-electron chi connectivity index (χ4n) is 2.51. The summed E-state index contributed by atoms with van der Waals surface area (Å²) >= 11 is 0. The lowest BCUT2D eigenvalue weighted by atomic mass is 9.95. The van der Waals surface area contributed by atoms with E-state index in [0.29, 0.717) is 11.7 Å². The van der Waals surface area contributed by atoms with E-state index in [1.165, 1.54) is 12.3 Å². The molecular weight excluding hydrogens is 276 g/mol. The fourth-order valence-corrected chi connectivity index (χ4v) is 3.90. The summed E-state index contributed by atoms with van der Waals surface area (Å²) < 4.78 is 27.7. The maximum atomic E-state index is 12.4. The van der Waals surface area contributed by atoms with Crippen LogP contribution in [0.2, 0.25) is 0 Å². The van der Waals surface area contributed by atoms with Gasteiger partial charge in [-0.3, -0.25) is 0 Å². The predicted molar refractivity (Wildman–Crippen MR) is 79.2 cm³/mol. The highest BCUT2D eigenvalue weighted by Gasteiger charge is 2.28. The Kier molecular flexibility index (Phi) is 4.62. The summed E-state index contributed by atoms with van der Waals surface area (Å²) in [6, 6.07) is 3.05. The number of nitrogens with zero attached hydrogens (tertiary/aromatic N) is 2. The molecule has 0 radical (unpaired) electrons. The van der Waals surface area contributed by atoms with E-state index >= 15 is 0 Å². The van der Waals surface area contributed by atoms with Gasteiger partial charge in [-0.25, -0.2) is 18.1 Å². The van der Waals surface area contributed by atoms with Gasteiger partial charge in [-0.15, -0.1) is 0 Å². The number of rotatable bonds is 4. The Labute approximate surface area is 120 Å². The molecule has 0 bridgehead atoms. The third kappa shape index (κ3) is 3.47. The van der Waals surface area contributed by atoms with E-state index in [-0.39, 0.29) is 10.9 Å². The van der Waals surface area contributed by atoms with Crippen molar-refractivity contribution in [2.75, 3.05) is 32.5 Å². The summed E-state index contributed by atoms with van der Waals surface area (Å²) in [6.45, 7) is 3.90. The third-order valence-electron chi connectivity index (χ3n) is 3.71. The number of likely N-dealkylation sites (tertiary alicyclic amines) is 1. The summed E-state index contributed by atoms with van der Waals surface area (Å²) in [5.41, 5.74) is 0. The lowest BCUT2D eigenvalue weighted by Crippen LogP contribution is -2.48. The highest BCUT2D eigenvalue weighted by Crippen LogP contribution is 2.19.